The Kier molecular flexibility index (Phi) is 7.22. The number of ether oxygens (including phenoxy) is 1. The Bertz CT molecular complexity index is 1130. The molecule has 1 saturated heterocycles. The van der Waals surface area contributed by atoms with Gasteiger partial charge in [0.05, 0.1) is 24.2 Å². The van der Waals surface area contributed by atoms with Crippen LogP contribution < -0.4 is 20.3 Å². The maximum atomic E-state index is 13.1. The SMILES string of the molecule is CCOc1ccccc1NC(=O)Nc1ccc(N2CCN(C(=O)c3ccc(F)cc3)CC2)nc1. The highest BCUT2D eigenvalue weighted by Gasteiger charge is 2.23. The van der Waals surface area contributed by atoms with Gasteiger partial charge in [-0.2, -0.15) is 0 Å². The van der Waals surface area contributed by atoms with Crippen molar-refractivity contribution >= 4 is 29.1 Å². The highest BCUT2D eigenvalue weighted by atomic mass is 19.1. The molecule has 9 heteroatoms. The Labute approximate surface area is 197 Å². The summed E-state index contributed by atoms with van der Waals surface area (Å²) in [6, 6.07) is 16.0. The zero-order chi connectivity index (χ0) is 23.9. The Morgan fingerprint density at radius 1 is 0.971 bits per heavy atom. The van der Waals surface area contributed by atoms with E-state index in [9.17, 15) is 14.0 Å². The van der Waals surface area contributed by atoms with Crippen LogP contribution in [0.4, 0.5) is 26.4 Å². The van der Waals surface area contributed by atoms with Crippen LogP contribution in [0.5, 0.6) is 5.75 Å². The van der Waals surface area contributed by atoms with Crippen LogP contribution in [0.2, 0.25) is 0 Å². The van der Waals surface area contributed by atoms with Gasteiger partial charge in [0.25, 0.3) is 5.91 Å². The van der Waals surface area contributed by atoms with Gasteiger partial charge in [0, 0.05) is 31.7 Å². The quantitative estimate of drug-likeness (QED) is 0.572. The van der Waals surface area contributed by atoms with Crippen LogP contribution in [0, 0.1) is 5.82 Å². The van der Waals surface area contributed by atoms with Gasteiger partial charge in [0.15, 0.2) is 0 Å². The van der Waals surface area contributed by atoms with E-state index >= 15 is 0 Å². The Morgan fingerprint density at radius 2 is 1.71 bits per heavy atom. The number of para-hydroxylation sites is 2. The molecule has 1 aromatic heterocycles. The molecule has 0 unspecified atom stereocenters. The molecule has 2 aromatic carbocycles. The largest absolute Gasteiger partial charge is 0.492 e. The number of carbonyl (C=O) groups excluding carboxylic acids is 2. The Hall–Kier alpha value is -4.14. The average Bonchev–Trinajstić information content (AvgIpc) is 2.86. The first-order chi connectivity index (χ1) is 16.5. The van der Waals surface area contributed by atoms with Crippen LogP contribution in [0.3, 0.4) is 0 Å². The lowest BCUT2D eigenvalue weighted by atomic mass is 10.2. The lowest BCUT2D eigenvalue weighted by Crippen LogP contribution is -2.49. The molecule has 8 nitrogen and oxygen atoms in total. The van der Waals surface area contributed by atoms with Crippen LogP contribution in [-0.2, 0) is 0 Å². The van der Waals surface area contributed by atoms with Crippen LogP contribution in [0.15, 0.2) is 66.9 Å². The molecule has 1 aliphatic rings. The maximum Gasteiger partial charge on any atom is 0.323 e. The van der Waals surface area contributed by atoms with E-state index in [4.69, 9.17) is 4.74 Å². The average molecular weight is 464 g/mol. The maximum absolute atomic E-state index is 13.1. The monoisotopic (exact) mass is 463 g/mol. The highest BCUT2D eigenvalue weighted by Crippen LogP contribution is 2.24. The summed E-state index contributed by atoms with van der Waals surface area (Å²) >= 11 is 0. The molecule has 34 heavy (non-hydrogen) atoms. The van der Waals surface area contributed by atoms with E-state index in [1.807, 2.05) is 25.1 Å². The van der Waals surface area contributed by atoms with Crippen LogP contribution in [0.25, 0.3) is 0 Å². The number of urea groups is 1. The third-order valence-electron chi connectivity index (χ3n) is 5.42. The van der Waals surface area contributed by atoms with Gasteiger partial charge in [0.1, 0.15) is 17.4 Å². The lowest BCUT2D eigenvalue weighted by molar-refractivity contribution is 0.0746. The highest BCUT2D eigenvalue weighted by molar-refractivity contribution is 6.00. The summed E-state index contributed by atoms with van der Waals surface area (Å²) in [5, 5.41) is 5.55. The summed E-state index contributed by atoms with van der Waals surface area (Å²) in [6.45, 7) is 4.72. The van der Waals surface area contributed by atoms with Crippen molar-refractivity contribution in [3.63, 3.8) is 0 Å². The normalized spacial score (nSPS) is 13.4. The summed E-state index contributed by atoms with van der Waals surface area (Å²) in [5.41, 5.74) is 1.62. The fourth-order valence-electron chi connectivity index (χ4n) is 3.70. The van der Waals surface area contributed by atoms with Crippen molar-refractivity contribution < 1.29 is 18.7 Å². The number of hydrogen-bond donors (Lipinski definition) is 2. The minimum absolute atomic E-state index is 0.107. The van der Waals surface area contributed by atoms with Gasteiger partial charge in [-0.05, 0) is 55.5 Å². The van der Waals surface area contributed by atoms with E-state index < -0.39 is 6.03 Å². The van der Waals surface area contributed by atoms with Crippen LogP contribution >= 0.6 is 0 Å². The first-order valence-corrected chi connectivity index (χ1v) is 11.1. The predicted molar refractivity (Wildman–Crippen MR) is 129 cm³/mol. The van der Waals surface area contributed by atoms with Gasteiger partial charge in [0.2, 0.25) is 0 Å². The van der Waals surface area contributed by atoms with Crippen molar-refractivity contribution in [2.45, 2.75) is 6.92 Å². The number of halogens is 1. The minimum atomic E-state index is -0.394. The molecule has 2 N–H and O–H groups in total. The molecule has 0 atom stereocenters. The summed E-state index contributed by atoms with van der Waals surface area (Å²) in [5.74, 6) is 0.898. The molecule has 4 rings (SSSR count). The van der Waals surface area contributed by atoms with Gasteiger partial charge in [-0.3, -0.25) is 4.79 Å². The molecular formula is C25H26FN5O3. The third-order valence-corrected chi connectivity index (χ3v) is 5.42. The summed E-state index contributed by atoms with van der Waals surface area (Å²) in [4.78, 5) is 33.3. The number of benzene rings is 2. The van der Waals surface area contributed by atoms with E-state index in [2.05, 4.69) is 20.5 Å². The fraction of sp³-hybridized carbons (Fsp3) is 0.240. The molecule has 0 saturated carbocycles. The van der Waals surface area contributed by atoms with Gasteiger partial charge in [-0.1, -0.05) is 12.1 Å². The minimum Gasteiger partial charge on any atom is -0.492 e. The second kappa shape index (κ2) is 10.7. The molecule has 1 aliphatic heterocycles. The van der Waals surface area contributed by atoms with E-state index in [0.717, 1.165) is 5.82 Å². The predicted octanol–water partition coefficient (Wildman–Crippen LogP) is 4.23. The molecule has 0 aliphatic carbocycles. The van der Waals surface area contributed by atoms with Crippen LogP contribution in [-0.4, -0.2) is 54.6 Å². The third kappa shape index (κ3) is 5.61. The number of nitrogens with one attached hydrogen (secondary N) is 2. The number of pyridine rings is 1. The number of nitrogens with zero attached hydrogens (tertiary/aromatic N) is 3. The van der Waals surface area contributed by atoms with Gasteiger partial charge >= 0.3 is 6.03 Å². The Balaban J connectivity index is 1.30. The van der Waals surface area contributed by atoms with Gasteiger partial charge < -0.3 is 25.2 Å². The second-order valence-corrected chi connectivity index (χ2v) is 7.70. The van der Waals surface area contributed by atoms with E-state index in [1.54, 1.807) is 29.3 Å². The molecule has 3 aromatic rings. The van der Waals surface area contributed by atoms with Crippen molar-refractivity contribution in [2.75, 3.05) is 48.3 Å². The first-order valence-electron chi connectivity index (χ1n) is 11.1. The number of hydrogen-bond acceptors (Lipinski definition) is 5. The summed E-state index contributed by atoms with van der Waals surface area (Å²) in [6.07, 6.45) is 1.60. The van der Waals surface area contributed by atoms with E-state index in [-0.39, 0.29) is 11.7 Å². The van der Waals surface area contributed by atoms with E-state index in [1.165, 1.54) is 24.3 Å². The van der Waals surface area contributed by atoms with E-state index in [0.29, 0.717) is 55.5 Å². The lowest BCUT2D eigenvalue weighted by Gasteiger charge is -2.35. The van der Waals surface area contributed by atoms with Crippen molar-refractivity contribution in [1.29, 1.82) is 0 Å². The zero-order valence-corrected chi connectivity index (χ0v) is 18.8. The number of rotatable bonds is 6. The summed E-state index contributed by atoms with van der Waals surface area (Å²) < 4.78 is 18.6. The molecule has 0 spiro atoms. The van der Waals surface area contributed by atoms with Crippen molar-refractivity contribution in [1.82, 2.24) is 9.88 Å². The number of piperazine rings is 1. The molecule has 0 radical (unpaired) electrons. The van der Waals surface area contributed by atoms with Crippen molar-refractivity contribution in [3.05, 3.63) is 78.2 Å². The molecule has 0 bridgehead atoms. The summed E-state index contributed by atoms with van der Waals surface area (Å²) in [7, 11) is 0. The van der Waals surface area contributed by atoms with Crippen LogP contribution in [0.1, 0.15) is 17.3 Å². The second-order valence-electron chi connectivity index (χ2n) is 7.70. The topological polar surface area (TPSA) is 86.8 Å². The van der Waals surface area contributed by atoms with Gasteiger partial charge in [-0.25, -0.2) is 14.2 Å². The van der Waals surface area contributed by atoms with Crippen molar-refractivity contribution in [2.24, 2.45) is 0 Å². The molecule has 3 amide bonds. The fourth-order valence-corrected chi connectivity index (χ4v) is 3.70. The number of aromatic nitrogens is 1. The smallest absolute Gasteiger partial charge is 0.323 e. The Morgan fingerprint density at radius 3 is 2.38 bits per heavy atom. The molecular weight excluding hydrogens is 437 g/mol. The van der Waals surface area contributed by atoms with Crippen molar-refractivity contribution in [3.8, 4) is 5.75 Å². The molecule has 2 heterocycles. The zero-order valence-electron chi connectivity index (χ0n) is 18.8. The van der Waals surface area contributed by atoms with Gasteiger partial charge in [-0.15, -0.1) is 0 Å². The number of amides is 3. The standard InChI is InChI=1S/C25H26FN5O3/c1-2-34-22-6-4-3-5-21(22)29-25(33)28-20-11-12-23(27-17-20)30-13-15-31(16-14-30)24(32)18-7-9-19(26)10-8-18/h3-12,17H,2,13-16H2,1H3,(H2,28,29,33). The number of carbonyl (C=O) groups is 2. The number of anilines is 3. The first kappa shape index (κ1) is 23.0. The molecule has 1 fully saturated rings. The molecule has 176 valence electrons.